The van der Waals surface area contributed by atoms with E-state index in [4.69, 9.17) is 16.9 Å². The summed E-state index contributed by atoms with van der Waals surface area (Å²) in [4.78, 5) is 9.54. The van der Waals surface area contributed by atoms with Crippen molar-refractivity contribution in [3.8, 4) is 6.07 Å². The van der Waals surface area contributed by atoms with E-state index in [2.05, 4.69) is 39.1 Å². The molecule has 0 N–H and O–H groups in total. The first-order chi connectivity index (χ1) is 13.7. The van der Waals surface area contributed by atoms with Crippen LogP contribution in [0.3, 0.4) is 0 Å². The van der Waals surface area contributed by atoms with Crippen molar-refractivity contribution >= 4 is 22.5 Å². The Bertz CT molecular complexity index is 994. The monoisotopic (exact) mass is 390 g/mol. The highest BCUT2D eigenvalue weighted by Gasteiger charge is 2.17. The molecule has 28 heavy (non-hydrogen) atoms. The molecule has 0 bridgehead atoms. The third-order valence-electron chi connectivity index (χ3n) is 5.37. The standard InChI is InChI=1S/C23H23ClN4/c24-22-9-8-20-3-1-10-26-23(20)21(22)17-28-12-2-11-27(13-14-28)16-19-6-4-18(15-25)5-7-19/h1,3-10H,2,11-14,16-17H2. The number of hydrogen-bond donors (Lipinski definition) is 0. The van der Waals surface area contributed by atoms with Gasteiger partial charge in [-0.25, -0.2) is 0 Å². The normalized spacial score (nSPS) is 16.0. The van der Waals surface area contributed by atoms with Crippen molar-refractivity contribution < 1.29 is 0 Å². The second kappa shape index (κ2) is 8.70. The molecule has 3 aromatic rings. The Hall–Kier alpha value is -2.45. The highest BCUT2D eigenvalue weighted by molar-refractivity contribution is 6.32. The zero-order valence-corrected chi connectivity index (χ0v) is 16.6. The molecule has 1 aromatic heterocycles. The Morgan fingerprint density at radius 1 is 0.929 bits per heavy atom. The predicted molar refractivity (Wildman–Crippen MR) is 113 cm³/mol. The molecule has 4 nitrogen and oxygen atoms in total. The summed E-state index contributed by atoms with van der Waals surface area (Å²) in [5, 5.41) is 10.9. The maximum atomic E-state index is 8.94. The lowest BCUT2D eigenvalue weighted by molar-refractivity contribution is 0.247. The zero-order valence-electron chi connectivity index (χ0n) is 15.8. The van der Waals surface area contributed by atoms with Crippen LogP contribution in [0.5, 0.6) is 0 Å². The van der Waals surface area contributed by atoms with Gasteiger partial charge in [-0.3, -0.25) is 14.8 Å². The Labute approximate surface area is 171 Å². The van der Waals surface area contributed by atoms with Crippen molar-refractivity contribution in [3.05, 3.63) is 76.4 Å². The second-order valence-corrected chi connectivity index (χ2v) is 7.72. The van der Waals surface area contributed by atoms with Crippen LogP contribution in [0.2, 0.25) is 5.02 Å². The Kier molecular flexibility index (Phi) is 5.87. The minimum Gasteiger partial charge on any atom is -0.298 e. The molecule has 0 saturated carbocycles. The molecule has 0 atom stereocenters. The van der Waals surface area contributed by atoms with Crippen LogP contribution < -0.4 is 0 Å². The van der Waals surface area contributed by atoms with Gasteiger partial charge in [0.15, 0.2) is 0 Å². The van der Waals surface area contributed by atoms with Gasteiger partial charge in [0.2, 0.25) is 0 Å². The van der Waals surface area contributed by atoms with Crippen molar-refractivity contribution in [1.82, 2.24) is 14.8 Å². The summed E-state index contributed by atoms with van der Waals surface area (Å²) >= 11 is 6.52. The predicted octanol–water partition coefficient (Wildman–Crippen LogP) is 4.47. The lowest BCUT2D eigenvalue weighted by atomic mass is 10.1. The third kappa shape index (κ3) is 4.34. The molecule has 0 spiro atoms. The molecule has 0 amide bonds. The summed E-state index contributed by atoms with van der Waals surface area (Å²) in [6.07, 6.45) is 2.97. The quantitative estimate of drug-likeness (QED) is 0.659. The SMILES string of the molecule is N#Cc1ccc(CN2CCCN(Cc3c(Cl)ccc4cccnc34)CC2)cc1. The number of pyridine rings is 1. The van der Waals surface area contributed by atoms with Crippen LogP contribution in [0, 0.1) is 11.3 Å². The van der Waals surface area contributed by atoms with E-state index >= 15 is 0 Å². The average Bonchev–Trinajstić information content (AvgIpc) is 2.96. The van der Waals surface area contributed by atoms with Gasteiger partial charge in [-0.2, -0.15) is 5.26 Å². The molecule has 2 heterocycles. The minimum absolute atomic E-state index is 0.714. The van der Waals surface area contributed by atoms with Crippen molar-refractivity contribution in [3.63, 3.8) is 0 Å². The van der Waals surface area contributed by atoms with Crippen LogP contribution in [0.4, 0.5) is 0 Å². The van der Waals surface area contributed by atoms with E-state index in [1.165, 1.54) is 5.56 Å². The smallest absolute Gasteiger partial charge is 0.0991 e. The van der Waals surface area contributed by atoms with Crippen molar-refractivity contribution in [2.24, 2.45) is 0 Å². The molecule has 1 fully saturated rings. The van der Waals surface area contributed by atoms with Gasteiger partial charge >= 0.3 is 0 Å². The van der Waals surface area contributed by atoms with Crippen molar-refractivity contribution in [2.45, 2.75) is 19.5 Å². The largest absolute Gasteiger partial charge is 0.298 e. The number of nitrogens with zero attached hydrogens (tertiary/aromatic N) is 4. The molecule has 142 valence electrons. The fraction of sp³-hybridized carbons (Fsp3) is 0.304. The van der Waals surface area contributed by atoms with Crippen LogP contribution in [0.1, 0.15) is 23.1 Å². The minimum atomic E-state index is 0.714. The maximum absolute atomic E-state index is 8.94. The number of nitriles is 1. The first-order valence-electron chi connectivity index (χ1n) is 9.69. The number of fused-ring (bicyclic) bond motifs is 1. The molecular weight excluding hydrogens is 368 g/mol. The zero-order chi connectivity index (χ0) is 19.3. The summed E-state index contributed by atoms with van der Waals surface area (Å²) < 4.78 is 0. The molecular formula is C23H23ClN4. The van der Waals surface area contributed by atoms with E-state index < -0.39 is 0 Å². The number of benzene rings is 2. The first kappa shape index (κ1) is 18.9. The van der Waals surface area contributed by atoms with Crippen molar-refractivity contribution in [1.29, 1.82) is 5.26 Å². The van der Waals surface area contributed by atoms with Gasteiger partial charge in [-0.1, -0.05) is 35.9 Å². The third-order valence-corrected chi connectivity index (χ3v) is 5.73. The molecule has 0 aliphatic carbocycles. The number of halogens is 1. The Morgan fingerprint density at radius 3 is 2.43 bits per heavy atom. The van der Waals surface area contributed by atoms with Gasteiger partial charge in [0, 0.05) is 48.3 Å². The van der Waals surface area contributed by atoms with Gasteiger partial charge in [-0.15, -0.1) is 0 Å². The molecule has 5 heteroatoms. The molecule has 4 rings (SSSR count). The van der Waals surface area contributed by atoms with Crippen molar-refractivity contribution in [2.75, 3.05) is 26.2 Å². The molecule has 2 aromatic carbocycles. The van der Waals surface area contributed by atoms with E-state index in [0.717, 1.165) is 67.2 Å². The second-order valence-electron chi connectivity index (χ2n) is 7.32. The molecule has 0 unspecified atom stereocenters. The molecule has 1 saturated heterocycles. The van der Waals surface area contributed by atoms with E-state index in [1.54, 1.807) is 0 Å². The fourth-order valence-electron chi connectivity index (χ4n) is 3.84. The van der Waals surface area contributed by atoms with Gasteiger partial charge in [0.1, 0.15) is 0 Å². The van der Waals surface area contributed by atoms with E-state index in [0.29, 0.717) is 5.56 Å². The Morgan fingerprint density at radius 2 is 1.68 bits per heavy atom. The number of rotatable bonds is 4. The summed E-state index contributed by atoms with van der Waals surface area (Å²) in [5.74, 6) is 0. The fourth-order valence-corrected chi connectivity index (χ4v) is 4.05. The van der Waals surface area contributed by atoms with Gasteiger partial charge < -0.3 is 0 Å². The van der Waals surface area contributed by atoms with Gasteiger partial charge in [0.05, 0.1) is 17.1 Å². The van der Waals surface area contributed by atoms with Gasteiger partial charge in [-0.05, 0) is 49.3 Å². The molecule has 0 radical (unpaired) electrons. The van der Waals surface area contributed by atoms with Crippen LogP contribution in [-0.4, -0.2) is 41.0 Å². The summed E-state index contributed by atoms with van der Waals surface area (Å²) in [6, 6.07) is 18.2. The number of aromatic nitrogens is 1. The lowest BCUT2D eigenvalue weighted by Gasteiger charge is -2.22. The van der Waals surface area contributed by atoms with E-state index in [1.807, 2.05) is 36.5 Å². The summed E-state index contributed by atoms with van der Waals surface area (Å²) in [6.45, 7) is 5.93. The first-order valence-corrected chi connectivity index (χ1v) is 10.1. The molecule has 1 aliphatic rings. The summed E-state index contributed by atoms with van der Waals surface area (Å²) in [7, 11) is 0. The summed E-state index contributed by atoms with van der Waals surface area (Å²) in [5.41, 5.74) is 4.11. The lowest BCUT2D eigenvalue weighted by Crippen LogP contribution is -2.30. The van der Waals surface area contributed by atoms with Crippen LogP contribution >= 0.6 is 11.6 Å². The van der Waals surface area contributed by atoms with Crippen LogP contribution in [-0.2, 0) is 13.1 Å². The highest BCUT2D eigenvalue weighted by atomic mass is 35.5. The van der Waals surface area contributed by atoms with Gasteiger partial charge in [0.25, 0.3) is 0 Å². The maximum Gasteiger partial charge on any atom is 0.0991 e. The van der Waals surface area contributed by atoms with Crippen LogP contribution in [0.25, 0.3) is 10.9 Å². The average molecular weight is 391 g/mol. The topological polar surface area (TPSA) is 43.2 Å². The number of hydrogen-bond acceptors (Lipinski definition) is 4. The van der Waals surface area contributed by atoms with Crippen LogP contribution in [0.15, 0.2) is 54.7 Å². The van der Waals surface area contributed by atoms with E-state index in [-0.39, 0.29) is 0 Å². The molecule has 1 aliphatic heterocycles. The van der Waals surface area contributed by atoms with E-state index in [9.17, 15) is 0 Å². The Balaban J connectivity index is 1.42. The highest BCUT2D eigenvalue weighted by Crippen LogP contribution is 2.26.